The van der Waals surface area contributed by atoms with Gasteiger partial charge in [-0.1, -0.05) is 13.0 Å². The maximum atomic E-state index is 12.8. The summed E-state index contributed by atoms with van der Waals surface area (Å²) in [5.41, 5.74) is 3.55. The number of aromatic nitrogens is 1. The first-order chi connectivity index (χ1) is 15.6. The van der Waals surface area contributed by atoms with Crippen molar-refractivity contribution >= 4 is 33.9 Å². The second-order valence-electron chi connectivity index (χ2n) is 8.07. The molecule has 1 aliphatic rings. The Labute approximate surface area is 193 Å². The maximum absolute atomic E-state index is 12.8. The molecule has 0 saturated carbocycles. The van der Waals surface area contributed by atoms with Crippen LogP contribution in [0.3, 0.4) is 0 Å². The number of aryl methyl sites for hydroxylation is 1. The Morgan fingerprint density at radius 3 is 2.75 bits per heavy atom. The maximum Gasteiger partial charge on any atom is 0.253 e. The number of rotatable bonds is 7. The van der Waals surface area contributed by atoms with Crippen molar-refractivity contribution in [3.63, 3.8) is 0 Å². The molecule has 0 amide bonds. The molecule has 0 aliphatic carbocycles. The largest absolute Gasteiger partial charge is 0.497 e. The van der Waals surface area contributed by atoms with Crippen LogP contribution in [0, 0.1) is 0 Å². The molecule has 7 heteroatoms. The molecule has 6 nitrogen and oxygen atoms in total. The van der Waals surface area contributed by atoms with E-state index in [0.29, 0.717) is 23.8 Å². The fourth-order valence-corrected chi connectivity index (χ4v) is 4.23. The lowest BCUT2D eigenvalue weighted by atomic mass is 10.1. The smallest absolute Gasteiger partial charge is 0.253 e. The van der Waals surface area contributed by atoms with Crippen LogP contribution in [0.1, 0.15) is 30.9 Å². The fourth-order valence-electron chi connectivity index (χ4n) is 3.97. The summed E-state index contributed by atoms with van der Waals surface area (Å²) < 4.78 is 11.1. The van der Waals surface area contributed by atoms with Crippen LogP contribution < -0.4 is 15.6 Å². The molecule has 1 aromatic heterocycles. The van der Waals surface area contributed by atoms with Crippen molar-refractivity contribution in [3.05, 3.63) is 70.0 Å². The molecule has 0 unspecified atom stereocenters. The van der Waals surface area contributed by atoms with Crippen LogP contribution in [0.2, 0.25) is 0 Å². The first-order valence-electron chi connectivity index (χ1n) is 11.0. The summed E-state index contributed by atoms with van der Waals surface area (Å²) in [7, 11) is 1.64. The average Bonchev–Trinajstić information content (AvgIpc) is 3.32. The van der Waals surface area contributed by atoms with Gasteiger partial charge in [-0.2, -0.15) is 0 Å². The minimum atomic E-state index is -0.0914. The van der Waals surface area contributed by atoms with Gasteiger partial charge < -0.3 is 24.7 Å². The first kappa shape index (κ1) is 22.3. The van der Waals surface area contributed by atoms with E-state index in [0.717, 1.165) is 48.2 Å². The van der Waals surface area contributed by atoms with E-state index in [1.807, 2.05) is 41.3 Å². The Morgan fingerprint density at radius 1 is 1.25 bits per heavy atom. The van der Waals surface area contributed by atoms with Crippen molar-refractivity contribution in [2.24, 2.45) is 0 Å². The zero-order valence-corrected chi connectivity index (χ0v) is 19.3. The summed E-state index contributed by atoms with van der Waals surface area (Å²) in [4.78, 5) is 17.9. The number of benzene rings is 2. The second kappa shape index (κ2) is 10.1. The molecule has 0 spiro atoms. The highest BCUT2D eigenvalue weighted by Gasteiger charge is 2.22. The van der Waals surface area contributed by atoms with Crippen LogP contribution in [-0.2, 0) is 17.7 Å². The predicted molar refractivity (Wildman–Crippen MR) is 133 cm³/mol. The second-order valence-corrected chi connectivity index (χ2v) is 8.46. The molecule has 2 heterocycles. The molecule has 2 aromatic carbocycles. The topological polar surface area (TPSA) is 66.6 Å². The number of aromatic amines is 1. The van der Waals surface area contributed by atoms with Gasteiger partial charge in [0.25, 0.3) is 5.56 Å². The third-order valence-electron chi connectivity index (χ3n) is 5.83. The summed E-state index contributed by atoms with van der Waals surface area (Å²) in [6.07, 6.45) is 3.10. The Balaban J connectivity index is 1.58. The molecule has 4 rings (SSSR count). The zero-order chi connectivity index (χ0) is 22.5. The van der Waals surface area contributed by atoms with E-state index in [-0.39, 0.29) is 11.7 Å². The van der Waals surface area contributed by atoms with E-state index in [1.54, 1.807) is 7.11 Å². The molecular formula is C25H29N3O3S. The van der Waals surface area contributed by atoms with Crippen molar-refractivity contribution in [1.82, 2.24) is 9.88 Å². The third-order valence-corrected chi connectivity index (χ3v) is 6.19. The van der Waals surface area contributed by atoms with E-state index in [1.165, 1.54) is 5.56 Å². The Kier molecular flexibility index (Phi) is 7.07. The Hall–Kier alpha value is -2.90. The van der Waals surface area contributed by atoms with Gasteiger partial charge in [0.05, 0.1) is 19.8 Å². The number of nitrogens with zero attached hydrogens (tertiary/aromatic N) is 1. The zero-order valence-electron chi connectivity index (χ0n) is 18.5. The van der Waals surface area contributed by atoms with Gasteiger partial charge in [0, 0.05) is 29.9 Å². The van der Waals surface area contributed by atoms with Crippen molar-refractivity contribution in [2.45, 2.75) is 38.8 Å². The summed E-state index contributed by atoms with van der Waals surface area (Å²) in [5.74, 6) is 0.784. The molecule has 32 heavy (non-hydrogen) atoms. The van der Waals surface area contributed by atoms with Crippen LogP contribution in [0.5, 0.6) is 5.75 Å². The highest BCUT2D eigenvalue weighted by atomic mass is 32.1. The van der Waals surface area contributed by atoms with Crippen LogP contribution in [0.15, 0.2) is 53.3 Å². The van der Waals surface area contributed by atoms with E-state index >= 15 is 0 Å². The number of hydrogen-bond acceptors (Lipinski definition) is 4. The lowest BCUT2D eigenvalue weighted by Crippen LogP contribution is -2.40. The first-order valence-corrected chi connectivity index (χ1v) is 11.4. The van der Waals surface area contributed by atoms with Gasteiger partial charge in [-0.15, -0.1) is 0 Å². The minimum absolute atomic E-state index is 0.0914. The molecule has 1 fully saturated rings. The standard InChI is InChI=1S/C25H29N3O3S/c1-3-17-6-11-23-18(13-17)14-19(24(29)27-23)15-28(16-22-5-4-12-31-22)25(32)26-20-7-9-21(30-2)10-8-20/h6-11,13-14,22H,3-5,12,15-16H2,1-2H3,(H,26,32)(H,27,29)/t22-/m0/s1. The number of hydrogen-bond donors (Lipinski definition) is 2. The van der Waals surface area contributed by atoms with Crippen molar-refractivity contribution in [2.75, 3.05) is 25.6 Å². The Bertz CT molecular complexity index is 1140. The molecule has 1 aliphatic heterocycles. The SMILES string of the molecule is CCc1ccc2[nH]c(=O)c(CN(C[C@@H]3CCCO3)C(=S)Nc3ccc(OC)cc3)cc2c1. The van der Waals surface area contributed by atoms with Crippen LogP contribution >= 0.6 is 12.2 Å². The molecule has 3 aromatic rings. The van der Waals surface area contributed by atoms with E-state index in [2.05, 4.69) is 29.4 Å². The van der Waals surface area contributed by atoms with Gasteiger partial charge in [-0.05, 0) is 84.9 Å². The molecule has 1 saturated heterocycles. The van der Waals surface area contributed by atoms with Crippen molar-refractivity contribution < 1.29 is 9.47 Å². The van der Waals surface area contributed by atoms with E-state index in [9.17, 15) is 4.79 Å². The van der Waals surface area contributed by atoms with Gasteiger partial charge >= 0.3 is 0 Å². The highest BCUT2D eigenvalue weighted by Crippen LogP contribution is 2.20. The number of H-pyrrole nitrogens is 1. The molecule has 0 bridgehead atoms. The number of nitrogens with one attached hydrogen (secondary N) is 2. The van der Waals surface area contributed by atoms with Crippen molar-refractivity contribution in [3.8, 4) is 5.75 Å². The summed E-state index contributed by atoms with van der Waals surface area (Å²) in [6.45, 7) is 3.94. The van der Waals surface area contributed by atoms with Gasteiger partial charge in [-0.3, -0.25) is 4.79 Å². The number of pyridine rings is 1. The van der Waals surface area contributed by atoms with Gasteiger partial charge in [0.1, 0.15) is 5.75 Å². The normalized spacial score (nSPS) is 15.6. The summed E-state index contributed by atoms with van der Waals surface area (Å²) in [6, 6.07) is 15.7. The van der Waals surface area contributed by atoms with Gasteiger partial charge in [0.15, 0.2) is 5.11 Å². The molecular weight excluding hydrogens is 422 g/mol. The van der Waals surface area contributed by atoms with E-state index < -0.39 is 0 Å². The molecule has 2 N–H and O–H groups in total. The molecule has 168 valence electrons. The van der Waals surface area contributed by atoms with Crippen molar-refractivity contribution in [1.29, 1.82) is 0 Å². The lowest BCUT2D eigenvalue weighted by molar-refractivity contribution is 0.0904. The van der Waals surface area contributed by atoms with Crippen LogP contribution in [0.25, 0.3) is 10.9 Å². The predicted octanol–water partition coefficient (Wildman–Crippen LogP) is 4.48. The number of fused-ring (bicyclic) bond motifs is 1. The lowest BCUT2D eigenvalue weighted by Gasteiger charge is -2.28. The number of anilines is 1. The molecule has 1 atom stereocenters. The monoisotopic (exact) mass is 451 g/mol. The quantitative estimate of drug-likeness (QED) is 0.517. The minimum Gasteiger partial charge on any atom is -0.497 e. The van der Waals surface area contributed by atoms with Gasteiger partial charge in [-0.25, -0.2) is 0 Å². The summed E-state index contributed by atoms with van der Waals surface area (Å²) in [5, 5.41) is 4.89. The number of ether oxygens (including phenoxy) is 2. The van der Waals surface area contributed by atoms with E-state index in [4.69, 9.17) is 21.7 Å². The van der Waals surface area contributed by atoms with Crippen LogP contribution in [-0.4, -0.2) is 41.4 Å². The molecule has 0 radical (unpaired) electrons. The number of methoxy groups -OCH3 is 1. The van der Waals surface area contributed by atoms with Gasteiger partial charge in [0.2, 0.25) is 0 Å². The Morgan fingerprint density at radius 2 is 2.06 bits per heavy atom. The summed E-state index contributed by atoms with van der Waals surface area (Å²) >= 11 is 5.75. The number of thiocarbonyl (C=S) groups is 1. The fraction of sp³-hybridized carbons (Fsp3) is 0.360. The third kappa shape index (κ3) is 5.29. The highest BCUT2D eigenvalue weighted by molar-refractivity contribution is 7.80. The average molecular weight is 452 g/mol. The van der Waals surface area contributed by atoms with Crippen LogP contribution in [0.4, 0.5) is 5.69 Å².